The molecule has 0 bridgehead atoms. The molecular weight excluding hydrogens is 570 g/mol. The van der Waals surface area contributed by atoms with E-state index in [9.17, 15) is 4.79 Å². The number of halogens is 4. The first-order valence-corrected chi connectivity index (χ1v) is 12.1. The lowest BCUT2D eigenvalue weighted by atomic mass is 10.1. The van der Waals surface area contributed by atoms with Crippen molar-refractivity contribution in [1.29, 1.82) is 0 Å². The van der Waals surface area contributed by atoms with Crippen LogP contribution in [0.5, 0.6) is 0 Å². The van der Waals surface area contributed by atoms with Gasteiger partial charge in [-0.15, -0.1) is 0 Å². The molecule has 162 valence electrons. The van der Waals surface area contributed by atoms with Crippen LogP contribution in [-0.2, 0) is 0 Å². The number of aromatic nitrogens is 2. The van der Waals surface area contributed by atoms with Crippen molar-refractivity contribution in [3.63, 3.8) is 0 Å². The lowest BCUT2D eigenvalue weighted by molar-refractivity contribution is 0.0743. The number of hydrogen-bond donors (Lipinski definition) is 1. The summed E-state index contributed by atoms with van der Waals surface area (Å²) in [5.41, 5.74) is 6.44. The molecule has 5 nitrogen and oxygen atoms in total. The highest BCUT2D eigenvalue weighted by Gasteiger charge is 2.25. The summed E-state index contributed by atoms with van der Waals surface area (Å²) in [6, 6.07) is 11.0. The molecule has 2 heterocycles. The second-order valence-electron chi connectivity index (χ2n) is 7.42. The largest absolute Gasteiger partial charge is 0.286 e. The smallest absolute Gasteiger partial charge is 0.283 e. The molecular formula is C22H20Cl3IN4O. The van der Waals surface area contributed by atoms with Gasteiger partial charge in [0.15, 0.2) is 5.69 Å². The zero-order valence-electron chi connectivity index (χ0n) is 16.8. The Morgan fingerprint density at radius 1 is 1.03 bits per heavy atom. The number of hydrogen-bond acceptors (Lipinski definition) is 3. The van der Waals surface area contributed by atoms with E-state index in [1.54, 1.807) is 10.7 Å². The summed E-state index contributed by atoms with van der Waals surface area (Å²) in [5.74, 6) is -0.229. The maximum absolute atomic E-state index is 13.1. The summed E-state index contributed by atoms with van der Waals surface area (Å²) >= 11 is 21.1. The van der Waals surface area contributed by atoms with Crippen molar-refractivity contribution in [1.82, 2.24) is 20.2 Å². The van der Waals surface area contributed by atoms with E-state index in [4.69, 9.17) is 34.8 Å². The summed E-state index contributed by atoms with van der Waals surface area (Å²) in [7, 11) is 0. The molecule has 1 aliphatic heterocycles. The molecule has 2 aromatic carbocycles. The van der Waals surface area contributed by atoms with Crippen LogP contribution >= 0.6 is 57.4 Å². The fourth-order valence-electron chi connectivity index (χ4n) is 3.71. The highest BCUT2D eigenvalue weighted by atomic mass is 127. The minimum absolute atomic E-state index is 0.229. The molecule has 1 aliphatic rings. The third kappa shape index (κ3) is 4.73. The summed E-state index contributed by atoms with van der Waals surface area (Å²) in [5, 5.41) is 8.33. The van der Waals surface area contributed by atoms with E-state index in [0.29, 0.717) is 26.4 Å². The average molecular weight is 590 g/mol. The zero-order chi connectivity index (χ0) is 22.1. The molecule has 3 aromatic rings. The summed E-state index contributed by atoms with van der Waals surface area (Å²) < 4.78 is 2.44. The van der Waals surface area contributed by atoms with Gasteiger partial charge < -0.3 is 0 Å². The van der Waals surface area contributed by atoms with Crippen molar-refractivity contribution in [2.75, 3.05) is 13.1 Å². The topological polar surface area (TPSA) is 50.2 Å². The van der Waals surface area contributed by atoms with Gasteiger partial charge in [-0.2, -0.15) is 5.10 Å². The van der Waals surface area contributed by atoms with Crippen LogP contribution in [0, 0.1) is 10.5 Å². The van der Waals surface area contributed by atoms with Crippen molar-refractivity contribution in [3.05, 3.63) is 66.3 Å². The molecule has 9 heteroatoms. The Morgan fingerprint density at radius 3 is 2.39 bits per heavy atom. The highest BCUT2D eigenvalue weighted by Crippen LogP contribution is 2.36. The average Bonchev–Trinajstić information content (AvgIpc) is 3.10. The van der Waals surface area contributed by atoms with E-state index in [2.05, 4.69) is 33.1 Å². The van der Waals surface area contributed by atoms with Gasteiger partial charge >= 0.3 is 0 Å². The first-order valence-electron chi connectivity index (χ1n) is 9.92. The fraction of sp³-hybridized carbons (Fsp3) is 0.273. The van der Waals surface area contributed by atoms with E-state index in [0.717, 1.165) is 46.3 Å². The van der Waals surface area contributed by atoms with Crippen molar-refractivity contribution < 1.29 is 4.79 Å². The van der Waals surface area contributed by atoms with Gasteiger partial charge in [-0.1, -0.05) is 53.4 Å². The normalized spacial score (nSPS) is 14.6. The quantitative estimate of drug-likeness (QED) is 0.278. The molecule has 0 radical (unpaired) electrons. The van der Waals surface area contributed by atoms with Crippen LogP contribution in [0.15, 0.2) is 36.4 Å². The van der Waals surface area contributed by atoms with Crippen LogP contribution in [0.3, 0.4) is 0 Å². The number of nitrogens with one attached hydrogen (secondary N) is 1. The first-order chi connectivity index (χ1) is 14.9. The highest BCUT2D eigenvalue weighted by molar-refractivity contribution is 14.1. The molecule has 4 rings (SSSR count). The van der Waals surface area contributed by atoms with Crippen LogP contribution in [0.25, 0.3) is 16.9 Å². The number of amides is 1. The van der Waals surface area contributed by atoms with E-state index in [1.165, 1.54) is 6.42 Å². The number of benzene rings is 2. The first kappa shape index (κ1) is 22.9. The van der Waals surface area contributed by atoms with Gasteiger partial charge in [0.05, 0.1) is 25.0 Å². The molecule has 1 saturated heterocycles. The third-order valence-corrected chi connectivity index (χ3v) is 8.02. The number of rotatable bonds is 4. The van der Waals surface area contributed by atoms with Crippen LogP contribution in [-0.4, -0.2) is 33.8 Å². The Balaban J connectivity index is 1.83. The van der Waals surface area contributed by atoms with Crippen molar-refractivity contribution in [2.24, 2.45) is 0 Å². The van der Waals surface area contributed by atoms with Crippen molar-refractivity contribution in [3.8, 4) is 16.9 Å². The van der Waals surface area contributed by atoms with Crippen molar-refractivity contribution in [2.45, 2.75) is 26.2 Å². The molecule has 1 amide bonds. The number of nitrogens with zero attached hydrogens (tertiary/aromatic N) is 3. The molecule has 0 unspecified atom stereocenters. The predicted octanol–water partition coefficient (Wildman–Crippen LogP) is 6.54. The van der Waals surface area contributed by atoms with Gasteiger partial charge in [-0.3, -0.25) is 10.2 Å². The Hall–Kier alpha value is -1.32. The van der Waals surface area contributed by atoms with Crippen LogP contribution < -0.4 is 5.43 Å². The Labute approximate surface area is 209 Å². The van der Waals surface area contributed by atoms with Gasteiger partial charge in [0.2, 0.25) is 0 Å². The minimum atomic E-state index is -0.229. The van der Waals surface area contributed by atoms with Crippen LogP contribution in [0.4, 0.5) is 0 Å². The summed E-state index contributed by atoms with van der Waals surface area (Å²) in [6.45, 7) is 3.58. The maximum atomic E-state index is 13.1. The number of piperidine rings is 1. The van der Waals surface area contributed by atoms with Gasteiger partial charge in [0, 0.05) is 29.2 Å². The Kier molecular flexibility index (Phi) is 7.13. The Bertz CT molecular complexity index is 1120. The van der Waals surface area contributed by atoms with Crippen LogP contribution in [0.1, 0.15) is 35.3 Å². The number of hydrazine groups is 1. The molecule has 0 atom stereocenters. The molecule has 0 spiro atoms. The molecule has 0 aliphatic carbocycles. The second kappa shape index (κ2) is 9.67. The number of carbonyl (C=O) groups is 1. The van der Waals surface area contributed by atoms with E-state index in [1.807, 2.05) is 42.3 Å². The maximum Gasteiger partial charge on any atom is 0.286 e. The van der Waals surface area contributed by atoms with Crippen LogP contribution in [0.2, 0.25) is 15.1 Å². The summed E-state index contributed by atoms with van der Waals surface area (Å²) in [6.07, 6.45) is 3.33. The number of carbonyl (C=O) groups excluding carboxylic acids is 1. The van der Waals surface area contributed by atoms with E-state index >= 15 is 0 Å². The van der Waals surface area contributed by atoms with Gasteiger partial charge in [0.1, 0.15) is 0 Å². The monoisotopic (exact) mass is 588 g/mol. The van der Waals surface area contributed by atoms with E-state index in [-0.39, 0.29) is 5.91 Å². The molecule has 0 saturated carbocycles. The van der Waals surface area contributed by atoms with Gasteiger partial charge in [-0.25, -0.2) is 9.69 Å². The van der Waals surface area contributed by atoms with Gasteiger partial charge in [-0.05, 0) is 66.6 Å². The van der Waals surface area contributed by atoms with Gasteiger partial charge in [0.25, 0.3) is 5.91 Å². The van der Waals surface area contributed by atoms with Crippen molar-refractivity contribution >= 4 is 63.3 Å². The lowest BCUT2D eigenvalue weighted by Crippen LogP contribution is -2.45. The predicted molar refractivity (Wildman–Crippen MR) is 134 cm³/mol. The van der Waals surface area contributed by atoms with E-state index < -0.39 is 0 Å². The SMILES string of the molecule is Cc1c(C(=O)NN2CCCCC2)nn(-c2ccc(Cl)c(I)c2Cl)c1-c1ccc(Cl)cc1. The molecule has 1 aromatic heterocycles. The Morgan fingerprint density at radius 2 is 1.71 bits per heavy atom. The summed E-state index contributed by atoms with van der Waals surface area (Å²) in [4.78, 5) is 13.1. The lowest BCUT2D eigenvalue weighted by Gasteiger charge is -2.26. The molecule has 1 fully saturated rings. The fourth-order valence-corrected chi connectivity index (χ4v) is 4.75. The molecule has 1 N–H and O–H groups in total. The standard InChI is InChI=1S/C22H20Cl3IN4O/c1-13-20(22(31)28-29-11-3-2-4-12-29)27-30(17-10-9-16(24)19(26)18(17)25)21(13)14-5-7-15(23)8-6-14/h5-10H,2-4,11-12H2,1H3,(H,28,31). The third-order valence-electron chi connectivity index (χ3n) is 5.31. The second-order valence-corrected chi connectivity index (χ2v) is 9.72. The molecule has 31 heavy (non-hydrogen) atoms. The minimum Gasteiger partial charge on any atom is -0.283 e. The zero-order valence-corrected chi connectivity index (χ0v) is 21.2.